The average molecular weight is 438 g/mol. The van der Waals surface area contributed by atoms with Crippen LogP contribution in [-0.4, -0.2) is 29.0 Å². The summed E-state index contributed by atoms with van der Waals surface area (Å²) in [5.74, 6) is 0. The summed E-state index contributed by atoms with van der Waals surface area (Å²) in [5, 5.41) is 0. The van der Waals surface area contributed by atoms with E-state index in [-0.39, 0.29) is 21.1 Å². The summed E-state index contributed by atoms with van der Waals surface area (Å²) in [4.78, 5) is 0. The second-order valence-electron chi connectivity index (χ2n) is 0.408. The number of rotatable bonds is 0. The van der Waals surface area contributed by atoms with Gasteiger partial charge in [0.1, 0.15) is 0 Å². The molecule has 0 saturated heterocycles. The van der Waals surface area contributed by atoms with E-state index in [9.17, 15) is 0 Å². The van der Waals surface area contributed by atoms with Crippen LogP contribution < -0.4 is 16.8 Å². The fraction of sp³-hybridized carbons (Fsp3) is 0. The molecule has 9 heteroatoms. The monoisotopic (exact) mass is 440 g/mol. The van der Waals surface area contributed by atoms with Crippen molar-refractivity contribution >= 4 is 29.0 Å². The molecule has 0 N–H and O–H groups in total. The van der Waals surface area contributed by atoms with Crippen LogP contribution in [0.2, 0.25) is 0 Å². The first-order chi connectivity index (χ1) is 3.46. The molecule has 0 saturated carbocycles. The summed E-state index contributed by atoms with van der Waals surface area (Å²) >= 11 is -7.58. The Balaban J connectivity index is -0.0000000720. The van der Waals surface area contributed by atoms with Crippen LogP contribution in [0.3, 0.4) is 0 Å². The van der Waals surface area contributed by atoms with E-state index in [0.717, 1.165) is 0 Å². The van der Waals surface area contributed by atoms with Crippen molar-refractivity contribution in [1.29, 1.82) is 0 Å². The van der Waals surface area contributed by atoms with E-state index in [0.29, 0.717) is 0 Å². The minimum absolute atomic E-state index is 0. The van der Waals surface area contributed by atoms with Crippen molar-refractivity contribution in [3.63, 3.8) is 0 Å². The Hall–Kier alpha value is 1.17. The van der Waals surface area contributed by atoms with Crippen LogP contribution in [0.15, 0.2) is 0 Å². The van der Waals surface area contributed by atoms with Gasteiger partial charge < -0.3 is 0 Å². The molecule has 0 bridgehead atoms. The smallest absolute Gasteiger partial charge is 4.00 e. The average Bonchev–Trinajstić information content (AvgIpc) is 1.25. The van der Waals surface area contributed by atoms with E-state index in [1.165, 1.54) is 0 Å². The number of hydrogen-bond acceptors (Lipinski definition) is 6. The molecule has 0 aliphatic carbocycles. The summed E-state index contributed by atoms with van der Waals surface area (Å²) in [7, 11) is 0. The van der Waals surface area contributed by atoms with Crippen LogP contribution in [0, 0.1) is 0 Å². The van der Waals surface area contributed by atoms with Crippen molar-refractivity contribution in [3.8, 4) is 0 Å². The second kappa shape index (κ2) is 11.9. The second-order valence-corrected chi connectivity index (χ2v) is 2.12. The third-order valence-corrected chi connectivity index (χ3v) is 0. The minimum Gasteiger partial charge on any atom is 4.00 e. The predicted octanol–water partition coefficient (Wildman–Crippen LogP) is -5.76. The van der Waals surface area contributed by atoms with Crippen molar-refractivity contribution in [2.45, 2.75) is 0 Å². The molecule has 0 atom stereocenters. The molecule has 0 aromatic heterocycles. The predicted molar refractivity (Wildman–Crippen MR) is 12.9 cm³/mol. The quantitative estimate of drug-likeness (QED) is 0.348. The Morgan fingerprint density at radius 3 is 0.778 bits per heavy atom. The van der Waals surface area contributed by atoms with Gasteiger partial charge in [-0.15, -0.1) is 0 Å². The maximum Gasteiger partial charge on any atom is 4.00 e. The van der Waals surface area contributed by atoms with E-state index in [1.54, 1.807) is 0 Å². The SMILES string of the molecule is O=[Se]([O-])[O-].O=[Se]([O-])[O-].[W+4]. The third kappa shape index (κ3) is 346. The van der Waals surface area contributed by atoms with Crippen molar-refractivity contribution in [2.24, 2.45) is 0 Å². The van der Waals surface area contributed by atoms with Gasteiger partial charge in [0.15, 0.2) is 0 Å². The van der Waals surface area contributed by atoms with E-state index in [4.69, 9.17) is 24.4 Å². The zero-order chi connectivity index (χ0) is 7.15. The molecule has 0 aliphatic rings. The van der Waals surface area contributed by atoms with Gasteiger partial charge in [-0.05, 0) is 0 Å². The van der Waals surface area contributed by atoms with Gasteiger partial charge in [-0.3, -0.25) is 0 Å². The molecule has 9 heavy (non-hydrogen) atoms. The standard InChI is InChI=1S/2H2O3Se.W/c2*1-4(2)3;/h2*(H2,1,2,3);/q;;+4/p-4. The van der Waals surface area contributed by atoms with Crippen LogP contribution >= 0.6 is 0 Å². The maximum absolute atomic E-state index is 8.54. The zero-order valence-electron chi connectivity index (χ0n) is 3.67. The summed E-state index contributed by atoms with van der Waals surface area (Å²) in [6, 6.07) is 0. The van der Waals surface area contributed by atoms with Crippen molar-refractivity contribution in [1.82, 2.24) is 0 Å². The first kappa shape index (κ1) is 16.6. The van der Waals surface area contributed by atoms with E-state index < -0.39 is 29.0 Å². The molecule has 0 amide bonds. The molecular weight excluding hydrogens is 438 g/mol. The molecule has 0 aliphatic heterocycles. The zero-order valence-corrected chi connectivity index (χ0v) is 10.0. The first-order valence-electron chi connectivity index (χ1n) is 1.00. The molecule has 0 aromatic carbocycles. The fourth-order valence-corrected chi connectivity index (χ4v) is 0. The summed E-state index contributed by atoms with van der Waals surface area (Å²) in [6.07, 6.45) is 0. The molecule has 0 spiro atoms. The van der Waals surface area contributed by atoms with Gasteiger partial charge in [-0.25, -0.2) is 0 Å². The molecule has 0 heterocycles. The molecule has 6 nitrogen and oxygen atoms in total. The molecular formula is O6Se2W. The number of hydrogen-bond donors (Lipinski definition) is 0. The normalized spacial score (nSPS) is 7.78. The summed E-state index contributed by atoms with van der Waals surface area (Å²) < 4.78 is 51.2. The van der Waals surface area contributed by atoms with Gasteiger partial charge in [-0.2, -0.15) is 0 Å². The van der Waals surface area contributed by atoms with Gasteiger partial charge >= 0.3 is 74.5 Å². The fourth-order valence-electron chi connectivity index (χ4n) is 0. The van der Waals surface area contributed by atoms with Crippen molar-refractivity contribution < 1.29 is 45.5 Å². The summed E-state index contributed by atoms with van der Waals surface area (Å²) in [5.41, 5.74) is 0. The Kier molecular flexibility index (Phi) is 22.0. The Morgan fingerprint density at radius 2 is 0.778 bits per heavy atom. The van der Waals surface area contributed by atoms with Crippen LogP contribution in [0.5, 0.6) is 0 Å². The van der Waals surface area contributed by atoms with Gasteiger partial charge in [0.2, 0.25) is 0 Å². The summed E-state index contributed by atoms with van der Waals surface area (Å²) in [6.45, 7) is 0. The topological polar surface area (TPSA) is 126 Å². The van der Waals surface area contributed by atoms with Gasteiger partial charge in [-0.1, -0.05) is 0 Å². The molecule has 0 rings (SSSR count). The molecule has 0 radical (unpaired) electrons. The molecule has 0 fully saturated rings. The van der Waals surface area contributed by atoms with E-state index >= 15 is 0 Å². The molecule has 0 unspecified atom stereocenters. The van der Waals surface area contributed by atoms with Gasteiger partial charge in [0.25, 0.3) is 0 Å². The minimum atomic E-state index is -3.79. The Bertz CT molecular complexity index is 69.1. The maximum atomic E-state index is 8.54. The Labute approximate surface area is 74.2 Å². The molecule has 54 valence electrons. The van der Waals surface area contributed by atoms with E-state index in [1.807, 2.05) is 0 Å². The van der Waals surface area contributed by atoms with Crippen LogP contribution in [0.1, 0.15) is 0 Å². The van der Waals surface area contributed by atoms with Crippen LogP contribution in [-0.2, 0) is 28.7 Å². The molecule has 0 aromatic rings. The van der Waals surface area contributed by atoms with Crippen LogP contribution in [0.4, 0.5) is 0 Å². The van der Waals surface area contributed by atoms with Gasteiger partial charge in [0.05, 0.1) is 0 Å². The van der Waals surface area contributed by atoms with Crippen molar-refractivity contribution in [2.75, 3.05) is 0 Å². The first-order valence-corrected chi connectivity index (χ1v) is 5.20. The third-order valence-electron chi connectivity index (χ3n) is 0. The van der Waals surface area contributed by atoms with Gasteiger partial charge in [0, 0.05) is 0 Å². The van der Waals surface area contributed by atoms with Crippen LogP contribution in [0.25, 0.3) is 0 Å². The largest absolute Gasteiger partial charge is 4.00 e. The van der Waals surface area contributed by atoms with E-state index in [2.05, 4.69) is 0 Å². The van der Waals surface area contributed by atoms with Crippen molar-refractivity contribution in [3.05, 3.63) is 0 Å². The Morgan fingerprint density at radius 1 is 0.778 bits per heavy atom.